The Bertz CT molecular complexity index is 1630. The van der Waals surface area contributed by atoms with E-state index in [9.17, 15) is 68.4 Å². The molecule has 0 spiro atoms. The molecule has 0 saturated heterocycles. The van der Waals surface area contributed by atoms with Crippen LogP contribution in [0.5, 0.6) is 0 Å². The van der Waals surface area contributed by atoms with Gasteiger partial charge in [-0.1, -0.05) is 40.5 Å². The number of rotatable bonds is 33. The molecule has 0 bridgehead atoms. The van der Waals surface area contributed by atoms with Gasteiger partial charge < -0.3 is 80.2 Å². The fourth-order valence-corrected chi connectivity index (χ4v) is 6.12. The molecule has 25 heteroatoms. The van der Waals surface area contributed by atoms with Crippen LogP contribution in [0.2, 0.25) is 0 Å². The molecule has 0 aromatic carbocycles. The van der Waals surface area contributed by atoms with Gasteiger partial charge in [-0.3, -0.25) is 43.2 Å². The molecule has 11 atom stereocenters. The lowest BCUT2D eigenvalue weighted by Crippen LogP contribution is -2.61. The standard InChI is InChI=1S/C41H75N11O14/c1-8-21(4)31(51-35(59)25(44)13-9-11-17-42)39(63)50-30(20(2)3)38(62)46-23(6)34(58)49-28(19-53)37(61)45-22(5)33(57)47-26(15-16-29(55)56)36(60)52-32(24(7)54)40(64)48-27(41(65)66)14-10-12-18-43/h20-28,30-32,53-54H,8-19,42-44H2,1-7H3,(H,45,61)(H,46,62)(H,47,57)(H,48,64)(H,49,58)(H,50,63)(H,51,59)(H,52,60)(H,55,56)(H,65,66)/t21-,22-,23-,24+,25-,26-,27-,28-,30-,31-,32-/m0/s1. The van der Waals surface area contributed by atoms with Gasteiger partial charge >= 0.3 is 11.9 Å². The largest absolute Gasteiger partial charge is 0.481 e. The van der Waals surface area contributed by atoms with Crippen LogP contribution >= 0.6 is 0 Å². The molecule has 25 nitrogen and oxygen atoms in total. The summed E-state index contributed by atoms with van der Waals surface area (Å²) in [4.78, 5) is 129. The average molecular weight is 946 g/mol. The van der Waals surface area contributed by atoms with Gasteiger partial charge in [0.1, 0.15) is 48.3 Å². The minimum atomic E-state index is -1.74. The Morgan fingerprint density at radius 1 is 0.500 bits per heavy atom. The topological polar surface area (TPSA) is 426 Å². The molecule has 8 amide bonds. The highest BCUT2D eigenvalue weighted by molar-refractivity contribution is 5.98. The van der Waals surface area contributed by atoms with E-state index in [1.807, 2.05) is 6.92 Å². The number of hydrogen-bond acceptors (Lipinski definition) is 15. The zero-order chi connectivity index (χ0) is 50.8. The highest BCUT2D eigenvalue weighted by atomic mass is 16.4. The van der Waals surface area contributed by atoms with Crippen molar-refractivity contribution in [1.29, 1.82) is 0 Å². The molecule has 66 heavy (non-hydrogen) atoms. The van der Waals surface area contributed by atoms with Gasteiger partial charge in [0.15, 0.2) is 0 Å². The average Bonchev–Trinajstić information content (AvgIpc) is 3.25. The maximum absolute atomic E-state index is 13.5. The zero-order valence-corrected chi connectivity index (χ0v) is 39.0. The van der Waals surface area contributed by atoms with E-state index in [1.54, 1.807) is 20.8 Å². The minimum absolute atomic E-state index is 0.00727. The van der Waals surface area contributed by atoms with Gasteiger partial charge in [-0.25, -0.2) is 4.79 Å². The van der Waals surface area contributed by atoms with E-state index >= 15 is 0 Å². The van der Waals surface area contributed by atoms with Crippen molar-refractivity contribution in [2.75, 3.05) is 19.7 Å². The fraction of sp³-hybridized carbons (Fsp3) is 0.756. The van der Waals surface area contributed by atoms with Crippen molar-refractivity contribution in [2.24, 2.45) is 29.0 Å². The number of nitrogens with one attached hydrogen (secondary N) is 8. The number of nitrogens with two attached hydrogens (primary N) is 3. The van der Waals surface area contributed by atoms with E-state index in [-0.39, 0.29) is 18.9 Å². The Balaban J connectivity index is 5.80. The third kappa shape index (κ3) is 22.1. The van der Waals surface area contributed by atoms with Crippen molar-refractivity contribution in [3.63, 3.8) is 0 Å². The second kappa shape index (κ2) is 31.4. The number of aliphatic hydroxyl groups excluding tert-OH is 2. The smallest absolute Gasteiger partial charge is 0.326 e. The quantitative estimate of drug-likeness (QED) is 0.0276. The highest BCUT2D eigenvalue weighted by Gasteiger charge is 2.36. The summed E-state index contributed by atoms with van der Waals surface area (Å²) in [5.74, 6) is -10.9. The summed E-state index contributed by atoms with van der Waals surface area (Å²) >= 11 is 0. The molecule has 0 aromatic heterocycles. The Morgan fingerprint density at radius 2 is 0.939 bits per heavy atom. The van der Waals surface area contributed by atoms with E-state index in [0.29, 0.717) is 45.1 Å². The lowest BCUT2D eigenvalue weighted by molar-refractivity contribution is -0.143. The van der Waals surface area contributed by atoms with E-state index in [1.165, 1.54) is 6.92 Å². The first-order chi connectivity index (χ1) is 30.9. The molecule has 0 aliphatic heterocycles. The van der Waals surface area contributed by atoms with Crippen LogP contribution in [0.15, 0.2) is 0 Å². The first kappa shape index (κ1) is 60.5. The number of aliphatic carboxylic acids is 2. The van der Waals surface area contributed by atoms with Crippen molar-refractivity contribution in [2.45, 2.75) is 167 Å². The van der Waals surface area contributed by atoms with Gasteiger partial charge in [-0.15, -0.1) is 0 Å². The lowest BCUT2D eigenvalue weighted by atomic mass is 9.96. The zero-order valence-electron chi connectivity index (χ0n) is 39.0. The summed E-state index contributed by atoms with van der Waals surface area (Å²) in [6.45, 7) is 10.1. The van der Waals surface area contributed by atoms with Crippen molar-refractivity contribution in [1.82, 2.24) is 42.5 Å². The van der Waals surface area contributed by atoms with Crippen LogP contribution < -0.4 is 59.7 Å². The molecule has 0 heterocycles. The first-order valence-corrected chi connectivity index (χ1v) is 22.2. The number of unbranched alkanes of at least 4 members (excludes halogenated alkanes) is 2. The van der Waals surface area contributed by atoms with Gasteiger partial charge in [0.25, 0.3) is 0 Å². The summed E-state index contributed by atoms with van der Waals surface area (Å²) in [5, 5.41) is 58.0. The summed E-state index contributed by atoms with van der Waals surface area (Å²) in [5.41, 5.74) is 17.0. The molecule has 0 unspecified atom stereocenters. The summed E-state index contributed by atoms with van der Waals surface area (Å²) in [7, 11) is 0. The molecule has 18 N–H and O–H groups in total. The van der Waals surface area contributed by atoms with Gasteiger partial charge in [-0.05, 0) is 84.2 Å². The number of carbonyl (C=O) groups excluding carboxylic acids is 8. The summed E-state index contributed by atoms with van der Waals surface area (Å²) in [6.07, 6.45) is 0.161. The molecule has 0 saturated carbocycles. The predicted molar refractivity (Wildman–Crippen MR) is 238 cm³/mol. The number of carbonyl (C=O) groups is 10. The van der Waals surface area contributed by atoms with Crippen LogP contribution in [0.25, 0.3) is 0 Å². The van der Waals surface area contributed by atoms with E-state index < -0.39 is 145 Å². The molecule has 0 aromatic rings. The van der Waals surface area contributed by atoms with Crippen LogP contribution in [0.3, 0.4) is 0 Å². The van der Waals surface area contributed by atoms with Crippen molar-refractivity contribution in [3.05, 3.63) is 0 Å². The molecule has 0 aliphatic rings. The van der Waals surface area contributed by atoms with E-state index in [0.717, 1.165) is 13.8 Å². The molecule has 378 valence electrons. The van der Waals surface area contributed by atoms with Crippen molar-refractivity contribution >= 4 is 59.2 Å². The summed E-state index contributed by atoms with van der Waals surface area (Å²) in [6, 6.07) is -12.4. The number of aliphatic hydroxyl groups is 2. The van der Waals surface area contributed by atoms with E-state index in [4.69, 9.17) is 17.2 Å². The van der Waals surface area contributed by atoms with Gasteiger partial charge in [-0.2, -0.15) is 0 Å². The molecule has 0 fully saturated rings. The van der Waals surface area contributed by atoms with Crippen LogP contribution in [0, 0.1) is 11.8 Å². The van der Waals surface area contributed by atoms with Crippen LogP contribution in [0.4, 0.5) is 0 Å². The van der Waals surface area contributed by atoms with Gasteiger partial charge in [0.2, 0.25) is 47.3 Å². The predicted octanol–water partition coefficient (Wildman–Crippen LogP) is -4.49. The lowest BCUT2D eigenvalue weighted by Gasteiger charge is -2.29. The maximum atomic E-state index is 13.5. The number of carboxylic acid groups (broad SMARTS) is 2. The molecular weight excluding hydrogens is 871 g/mol. The minimum Gasteiger partial charge on any atom is -0.481 e. The Morgan fingerprint density at radius 3 is 1.41 bits per heavy atom. The molecule has 0 radical (unpaired) electrons. The molecule has 0 rings (SSSR count). The maximum Gasteiger partial charge on any atom is 0.326 e. The fourth-order valence-electron chi connectivity index (χ4n) is 6.12. The Hall–Kier alpha value is -5.50. The van der Waals surface area contributed by atoms with Gasteiger partial charge in [0.05, 0.1) is 18.8 Å². The SMILES string of the molecule is CC[C@H](C)[C@H](NC(=O)[C@@H](N)CCCCN)C(=O)N[C@H](C(=O)N[C@@H](C)C(=O)N[C@@H](CO)C(=O)N[C@@H](C)C(=O)N[C@@H](CCC(=O)O)C(=O)N[C@H](C(=O)N[C@@H](CCCCN)C(=O)O)[C@@H](C)O)C(C)C. The van der Waals surface area contributed by atoms with Gasteiger partial charge in [0, 0.05) is 6.42 Å². The number of hydrogen-bond donors (Lipinski definition) is 15. The Labute approximate surface area is 385 Å². The third-order valence-corrected chi connectivity index (χ3v) is 10.6. The molecular formula is C41H75N11O14. The van der Waals surface area contributed by atoms with E-state index in [2.05, 4.69) is 42.5 Å². The molecule has 0 aliphatic carbocycles. The monoisotopic (exact) mass is 946 g/mol. The second-order valence-electron chi connectivity index (χ2n) is 16.6. The Kier molecular flexibility index (Phi) is 28.8. The van der Waals surface area contributed by atoms with Crippen molar-refractivity contribution in [3.8, 4) is 0 Å². The van der Waals surface area contributed by atoms with Crippen LogP contribution in [-0.2, 0) is 47.9 Å². The summed E-state index contributed by atoms with van der Waals surface area (Å²) < 4.78 is 0. The van der Waals surface area contributed by atoms with Crippen molar-refractivity contribution < 1.29 is 68.4 Å². The second-order valence-corrected chi connectivity index (χ2v) is 16.6. The number of carboxylic acids is 2. The first-order valence-electron chi connectivity index (χ1n) is 22.2. The normalized spacial score (nSPS) is 16.2. The number of amides is 8. The van der Waals surface area contributed by atoms with Crippen LogP contribution in [-0.4, -0.2) is 160 Å². The van der Waals surface area contributed by atoms with Crippen LogP contribution in [0.1, 0.15) is 106 Å². The third-order valence-electron chi connectivity index (χ3n) is 10.6. The highest BCUT2D eigenvalue weighted by Crippen LogP contribution is 2.12.